The summed E-state index contributed by atoms with van der Waals surface area (Å²) in [4.78, 5) is 32.0. The summed E-state index contributed by atoms with van der Waals surface area (Å²) in [6, 6.07) is 10.1. The van der Waals surface area contributed by atoms with Crippen molar-refractivity contribution in [1.29, 1.82) is 0 Å². The van der Waals surface area contributed by atoms with Crippen LogP contribution in [0.4, 0.5) is 0 Å². The number of aliphatic hydroxyl groups is 1. The lowest BCUT2D eigenvalue weighted by molar-refractivity contribution is -0.197. The molecule has 1 spiro atoms. The summed E-state index contributed by atoms with van der Waals surface area (Å²) < 4.78 is 30.2. The predicted molar refractivity (Wildman–Crippen MR) is 140 cm³/mol. The minimum absolute atomic E-state index is 0.299. The van der Waals surface area contributed by atoms with Gasteiger partial charge in [-0.25, -0.2) is 4.18 Å². The number of likely N-dealkylation sites (tertiary alicyclic amines) is 1. The molecule has 1 saturated carbocycles. The Bertz CT molecular complexity index is 1050. The van der Waals surface area contributed by atoms with Gasteiger partial charge < -0.3 is 15.3 Å². The number of nitrogens with one attached hydrogen (secondary N) is 1. The highest BCUT2D eigenvalue weighted by Gasteiger charge is 2.64. The molecule has 2 N–H and O–H groups in total. The van der Waals surface area contributed by atoms with Crippen LogP contribution in [0, 0.1) is 5.92 Å². The molecule has 2 heterocycles. The number of carbonyl (C=O) groups excluding carboxylic acids is 2. The quantitative estimate of drug-likeness (QED) is 0.467. The lowest BCUT2D eigenvalue weighted by Gasteiger charge is -2.55. The van der Waals surface area contributed by atoms with Crippen molar-refractivity contribution < 1.29 is 27.3 Å². The van der Waals surface area contributed by atoms with Gasteiger partial charge in [0.2, 0.25) is 5.91 Å². The number of hydrogen-bond acceptors (Lipinski definition) is 7. The fourth-order valence-electron chi connectivity index (χ4n) is 6.23. The van der Waals surface area contributed by atoms with Crippen molar-refractivity contribution in [2.45, 2.75) is 88.6 Å². The number of rotatable bonds is 9. The molecule has 2 saturated heterocycles. The van der Waals surface area contributed by atoms with E-state index in [9.17, 15) is 23.1 Å². The summed E-state index contributed by atoms with van der Waals surface area (Å²) >= 11 is 0. The van der Waals surface area contributed by atoms with Crippen LogP contribution in [0.2, 0.25) is 0 Å². The molecular formula is C27H41N3O6S. The van der Waals surface area contributed by atoms with Gasteiger partial charge in [0.1, 0.15) is 11.6 Å². The Morgan fingerprint density at radius 2 is 1.76 bits per heavy atom. The van der Waals surface area contributed by atoms with Crippen LogP contribution in [0.5, 0.6) is 0 Å². The molecule has 1 aromatic rings. The summed E-state index contributed by atoms with van der Waals surface area (Å²) in [6.45, 7) is 4.28. The maximum atomic E-state index is 14.3. The molecule has 0 bridgehead atoms. The molecule has 9 nitrogen and oxygen atoms in total. The zero-order valence-corrected chi connectivity index (χ0v) is 22.8. The number of carbonyl (C=O) groups is 2. The van der Waals surface area contributed by atoms with Crippen LogP contribution in [0.1, 0.15) is 70.3 Å². The van der Waals surface area contributed by atoms with Crippen LogP contribution in [0.3, 0.4) is 0 Å². The number of piperidine rings is 1. The van der Waals surface area contributed by atoms with Crippen LogP contribution < -0.4 is 5.32 Å². The Balaban J connectivity index is 1.64. The monoisotopic (exact) mass is 535 g/mol. The van der Waals surface area contributed by atoms with E-state index in [0.717, 1.165) is 38.5 Å². The van der Waals surface area contributed by atoms with Gasteiger partial charge in [-0.3, -0.25) is 14.5 Å². The van der Waals surface area contributed by atoms with Crippen LogP contribution in [0.15, 0.2) is 30.3 Å². The number of amides is 2. The molecule has 37 heavy (non-hydrogen) atoms. The smallest absolute Gasteiger partial charge is 0.280 e. The van der Waals surface area contributed by atoms with Gasteiger partial charge in [-0.05, 0) is 43.6 Å². The van der Waals surface area contributed by atoms with Crippen LogP contribution >= 0.6 is 0 Å². The van der Waals surface area contributed by atoms with Crippen molar-refractivity contribution >= 4 is 21.9 Å². The van der Waals surface area contributed by atoms with Gasteiger partial charge in [0, 0.05) is 26.2 Å². The molecule has 1 aliphatic carbocycles. The third kappa shape index (κ3) is 5.87. The molecule has 1 aromatic carbocycles. The normalized spacial score (nSPS) is 26.3. The van der Waals surface area contributed by atoms with Crippen molar-refractivity contribution in [3.05, 3.63) is 35.9 Å². The highest BCUT2D eigenvalue weighted by Crippen LogP contribution is 2.41. The molecule has 10 heteroatoms. The van der Waals surface area contributed by atoms with E-state index in [1.807, 2.05) is 25.1 Å². The standard InChI is InChI=1S/C27H41N3O6S/c1-3-4-17-30-25(33)27(36-37(2,34)35,23(31)22-13-9-6-10-14-22)28-24(32)26(30)15-18-29(19-16-26)20-21-11-7-5-8-12-21/h5,7-8,11-12,22-23,31H,3-4,6,9-10,13-20H2,1-2H3,(H,28,32)/t23-,27-/m1/s1. The fourth-order valence-corrected chi connectivity index (χ4v) is 6.92. The summed E-state index contributed by atoms with van der Waals surface area (Å²) in [7, 11) is -4.18. The second-order valence-electron chi connectivity index (χ2n) is 10.9. The number of hydrogen-bond donors (Lipinski definition) is 2. The number of nitrogens with zero attached hydrogens (tertiary/aromatic N) is 2. The maximum Gasteiger partial charge on any atom is 0.280 e. The molecule has 0 unspecified atom stereocenters. The first kappa shape index (κ1) is 28.0. The van der Waals surface area contributed by atoms with Crippen molar-refractivity contribution in [3.63, 3.8) is 0 Å². The van der Waals surface area contributed by atoms with Crippen LogP contribution in [0.25, 0.3) is 0 Å². The zero-order valence-electron chi connectivity index (χ0n) is 22.0. The molecule has 0 aromatic heterocycles. The second kappa shape index (κ2) is 11.4. The number of piperazine rings is 1. The van der Waals surface area contributed by atoms with Gasteiger partial charge in [-0.15, -0.1) is 0 Å². The Labute approximate surface area is 220 Å². The summed E-state index contributed by atoms with van der Waals surface area (Å²) in [5, 5.41) is 14.1. The van der Waals surface area contributed by atoms with Crippen molar-refractivity contribution in [2.24, 2.45) is 5.92 Å². The molecule has 4 rings (SSSR count). The van der Waals surface area contributed by atoms with Crippen molar-refractivity contribution in [2.75, 3.05) is 25.9 Å². The second-order valence-corrected chi connectivity index (χ2v) is 12.5. The third-order valence-electron chi connectivity index (χ3n) is 8.26. The lowest BCUT2D eigenvalue weighted by atomic mass is 9.76. The third-order valence-corrected chi connectivity index (χ3v) is 8.83. The SMILES string of the molecule is CCCCN1C(=O)[C@](OS(C)(=O)=O)([C@H](O)C2CCCCC2)NC(=O)C12CCN(Cc1ccccc1)CC2. The lowest BCUT2D eigenvalue weighted by Crippen LogP contribution is -2.81. The van der Waals surface area contributed by atoms with E-state index < -0.39 is 39.3 Å². The average molecular weight is 536 g/mol. The summed E-state index contributed by atoms with van der Waals surface area (Å²) in [6.07, 6.45) is 5.76. The average Bonchev–Trinajstić information content (AvgIpc) is 2.88. The first-order chi connectivity index (χ1) is 17.6. The largest absolute Gasteiger partial charge is 0.387 e. The molecule has 0 radical (unpaired) electrons. The van der Waals surface area contributed by atoms with Gasteiger partial charge in [-0.2, -0.15) is 8.42 Å². The topological polar surface area (TPSA) is 116 Å². The van der Waals surface area contributed by atoms with E-state index in [1.54, 1.807) is 0 Å². The van der Waals surface area contributed by atoms with E-state index in [1.165, 1.54) is 10.5 Å². The Morgan fingerprint density at radius 3 is 2.35 bits per heavy atom. The maximum absolute atomic E-state index is 14.3. The fraction of sp³-hybridized carbons (Fsp3) is 0.704. The van der Waals surface area contributed by atoms with E-state index in [2.05, 4.69) is 22.3 Å². The summed E-state index contributed by atoms with van der Waals surface area (Å²) in [5.41, 5.74) is -2.26. The van der Waals surface area contributed by atoms with Gasteiger partial charge in [-0.1, -0.05) is 62.9 Å². The molecule has 206 valence electrons. The molecule has 3 aliphatic rings. The number of aliphatic hydroxyl groups excluding tert-OH is 1. The highest BCUT2D eigenvalue weighted by molar-refractivity contribution is 7.86. The zero-order chi connectivity index (χ0) is 26.7. The molecule has 2 amide bonds. The molecule has 3 fully saturated rings. The number of benzene rings is 1. The first-order valence-corrected chi connectivity index (χ1v) is 15.4. The predicted octanol–water partition coefficient (Wildman–Crippen LogP) is 2.39. The summed E-state index contributed by atoms with van der Waals surface area (Å²) in [5.74, 6) is -1.43. The van der Waals surface area contributed by atoms with E-state index >= 15 is 0 Å². The number of unbranched alkanes of at least 4 members (excludes halogenated alkanes) is 1. The molecule has 2 atom stereocenters. The minimum Gasteiger partial charge on any atom is -0.387 e. The molecule has 2 aliphatic heterocycles. The van der Waals surface area contributed by atoms with Gasteiger partial charge in [0.15, 0.2) is 0 Å². The minimum atomic E-state index is -4.18. The molecular weight excluding hydrogens is 494 g/mol. The Morgan fingerprint density at radius 1 is 1.11 bits per heavy atom. The van der Waals surface area contributed by atoms with Gasteiger partial charge >= 0.3 is 0 Å². The van der Waals surface area contributed by atoms with E-state index in [-0.39, 0.29) is 5.92 Å². The Kier molecular flexibility index (Phi) is 8.62. The Hall–Kier alpha value is -2.01. The van der Waals surface area contributed by atoms with Crippen LogP contribution in [-0.2, 0) is 30.4 Å². The highest BCUT2D eigenvalue weighted by atomic mass is 32.2. The van der Waals surface area contributed by atoms with Crippen LogP contribution in [-0.4, -0.2) is 78.4 Å². The van der Waals surface area contributed by atoms with Gasteiger partial charge in [0.25, 0.3) is 21.8 Å². The van der Waals surface area contributed by atoms with Crippen molar-refractivity contribution in [3.8, 4) is 0 Å². The van der Waals surface area contributed by atoms with E-state index in [4.69, 9.17) is 4.18 Å². The van der Waals surface area contributed by atoms with Crippen molar-refractivity contribution in [1.82, 2.24) is 15.1 Å². The first-order valence-electron chi connectivity index (χ1n) is 13.6. The van der Waals surface area contributed by atoms with Gasteiger partial charge in [0.05, 0.1) is 6.26 Å². The van der Waals surface area contributed by atoms with E-state index in [0.29, 0.717) is 51.7 Å².